The van der Waals surface area contributed by atoms with Gasteiger partial charge in [-0.3, -0.25) is 13.9 Å². The number of nitrogens with zero attached hydrogens (tertiary/aromatic N) is 2. The van der Waals surface area contributed by atoms with Gasteiger partial charge in [0, 0.05) is 17.6 Å². The maximum Gasteiger partial charge on any atom is 0.264 e. The summed E-state index contributed by atoms with van der Waals surface area (Å²) in [5.41, 5.74) is 1.84. The number of nitrogens with one attached hydrogen (secondary N) is 1. The summed E-state index contributed by atoms with van der Waals surface area (Å²) < 4.78 is 28.5. The smallest absolute Gasteiger partial charge is 0.264 e. The van der Waals surface area contributed by atoms with Gasteiger partial charge in [-0.15, -0.1) is 0 Å². The number of carbonyl (C=O) groups is 2. The van der Waals surface area contributed by atoms with Crippen LogP contribution in [-0.2, 0) is 26.2 Å². The highest BCUT2D eigenvalue weighted by Gasteiger charge is 2.33. The minimum atomic E-state index is -4.23. The van der Waals surface area contributed by atoms with Crippen LogP contribution in [0.1, 0.15) is 31.9 Å². The molecule has 0 radical (unpaired) electrons. The van der Waals surface area contributed by atoms with Gasteiger partial charge >= 0.3 is 0 Å². The van der Waals surface area contributed by atoms with Crippen LogP contribution in [-0.4, -0.2) is 43.8 Å². The Labute approximate surface area is 234 Å². The van der Waals surface area contributed by atoms with Gasteiger partial charge in [-0.25, -0.2) is 8.42 Å². The van der Waals surface area contributed by atoms with Crippen molar-refractivity contribution in [3.63, 3.8) is 0 Å². The molecule has 1 N–H and O–H groups in total. The van der Waals surface area contributed by atoms with Gasteiger partial charge in [0.15, 0.2) is 0 Å². The topological polar surface area (TPSA) is 86.8 Å². The summed E-state index contributed by atoms with van der Waals surface area (Å²) in [7, 11) is -4.23. The summed E-state index contributed by atoms with van der Waals surface area (Å²) in [5, 5.41) is 3.20. The van der Waals surface area contributed by atoms with Crippen molar-refractivity contribution in [2.75, 3.05) is 10.8 Å². The Hall–Kier alpha value is -3.07. The van der Waals surface area contributed by atoms with Crippen LogP contribution in [0.2, 0.25) is 10.0 Å². The molecule has 0 spiro atoms. The second-order valence-corrected chi connectivity index (χ2v) is 11.9. The molecule has 0 fully saturated rings. The first-order chi connectivity index (χ1) is 17.9. The Kier molecular flexibility index (Phi) is 9.82. The molecule has 0 heterocycles. The number of rotatable bonds is 10. The van der Waals surface area contributed by atoms with E-state index >= 15 is 0 Å². The van der Waals surface area contributed by atoms with E-state index in [1.54, 1.807) is 25.1 Å². The number of anilines is 1. The molecule has 0 aromatic heterocycles. The van der Waals surface area contributed by atoms with Crippen molar-refractivity contribution in [1.82, 2.24) is 10.2 Å². The first-order valence-corrected chi connectivity index (χ1v) is 14.3. The van der Waals surface area contributed by atoms with E-state index in [0.717, 1.165) is 15.4 Å². The van der Waals surface area contributed by atoms with Crippen LogP contribution < -0.4 is 9.62 Å². The molecule has 7 nitrogen and oxygen atoms in total. The molecule has 38 heavy (non-hydrogen) atoms. The van der Waals surface area contributed by atoms with Crippen molar-refractivity contribution >= 4 is 50.7 Å². The first-order valence-electron chi connectivity index (χ1n) is 12.1. The lowest BCUT2D eigenvalue weighted by atomic mass is 10.1. The molecule has 0 aliphatic carbocycles. The van der Waals surface area contributed by atoms with E-state index in [-0.39, 0.29) is 39.1 Å². The minimum absolute atomic E-state index is 0.0140. The summed E-state index contributed by atoms with van der Waals surface area (Å²) in [6.07, 6.45) is 0. The number of halogens is 2. The zero-order chi connectivity index (χ0) is 28.0. The third kappa shape index (κ3) is 7.07. The van der Waals surface area contributed by atoms with Gasteiger partial charge in [0.25, 0.3) is 10.0 Å². The number of hydrogen-bond acceptors (Lipinski definition) is 4. The molecule has 0 unspecified atom stereocenters. The Morgan fingerprint density at radius 1 is 0.921 bits per heavy atom. The molecule has 10 heteroatoms. The Bertz CT molecular complexity index is 1400. The highest BCUT2D eigenvalue weighted by Crippen LogP contribution is 2.33. The van der Waals surface area contributed by atoms with Crippen LogP contribution in [0.25, 0.3) is 0 Å². The van der Waals surface area contributed by atoms with Crippen molar-refractivity contribution in [2.45, 2.75) is 51.2 Å². The van der Waals surface area contributed by atoms with Gasteiger partial charge in [-0.05, 0) is 69.2 Å². The fraction of sp³-hybridized carbons (Fsp3) is 0.286. The average molecular weight is 577 g/mol. The second-order valence-electron chi connectivity index (χ2n) is 9.21. The van der Waals surface area contributed by atoms with Gasteiger partial charge < -0.3 is 10.2 Å². The summed E-state index contributed by atoms with van der Waals surface area (Å²) in [4.78, 5) is 28.3. The van der Waals surface area contributed by atoms with Crippen LogP contribution in [0.4, 0.5) is 5.69 Å². The van der Waals surface area contributed by atoms with Crippen molar-refractivity contribution in [2.24, 2.45) is 0 Å². The van der Waals surface area contributed by atoms with Crippen molar-refractivity contribution in [3.05, 3.63) is 94.0 Å². The number of hydrogen-bond donors (Lipinski definition) is 1. The summed E-state index contributed by atoms with van der Waals surface area (Å²) in [6.45, 7) is 6.70. The summed E-state index contributed by atoms with van der Waals surface area (Å²) in [6, 6.07) is 18.7. The van der Waals surface area contributed by atoms with Gasteiger partial charge in [0.2, 0.25) is 11.8 Å². The number of aryl methyl sites for hydroxylation is 1. The van der Waals surface area contributed by atoms with Crippen molar-refractivity contribution in [3.8, 4) is 0 Å². The SMILES string of the molecule is Cc1ccccc1CN(C(=O)CN(c1cc(Cl)ccc1Cl)S(=O)(=O)c1ccccc1)[C@H](C)C(=O)NC(C)C. The van der Waals surface area contributed by atoms with Gasteiger partial charge in [-0.1, -0.05) is 65.7 Å². The van der Waals surface area contributed by atoms with Gasteiger partial charge in [0.05, 0.1) is 15.6 Å². The third-order valence-corrected chi connectivity index (χ3v) is 8.32. The lowest BCUT2D eigenvalue weighted by molar-refractivity contribution is -0.139. The lowest BCUT2D eigenvalue weighted by Gasteiger charge is -2.33. The predicted molar refractivity (Wildman–Crippen MR) is 152 cm³/mol. The van der Waals surface area contributed by atoms with Crippen LogP contribution in [0.15, 0.2) is 77.7 Å². The molecular weight excluding hydrogens is 545 g/mol. The zero-order valence-electron chi connectivity index (χ0n) is 21.7. The maximum absolute atomic E-state index is 13.9. The maximum atomic E-state index is 13.9. The normalized spacial score (nSPS) is 12.2. The largest absolute Gasteiger partial charge is 0.352 e. The number of sulfonamides is 1. The highest BCUT2D eigenvalue weighted by molar-refractivity contribution is 7.92. The van der Waals surface area contributed by atoms with Gasteiger partial charge in [-0.2, -0.15) is 0 Å². The molecule has 3 rings (SSSR count). The molecular formula is C28H31Cl2N3O4S. The lowest BCUT2D eigenvalue weighted by Crippen LogP contribution is -2.52. The van der Waals surface area contributed by atoms with Crippen LogP contribution in [0.3, 0.4) is 0 Å². The second kappa shape index (κ2) is 12.7. The third-order valence-electron chi connectivity index (χ3n) is 5.99. The van der Waals surface area contributed by atoms with Crippen LogP contribution in [0.5, 0.6) is 0 Å². The number of carbonyl (C=O) groups excluding carboxylic acids is 2. The molecule has 0 saturated heterocycles. The molecule has 202 valence electrons. The van der Waals surface area contributed by atoms with E-state index in [0.29, 0.717) is 0 Å². The molecule has 3 aromatic rings. The van der Waals surface area contributed by atoms with Crippen molar-refractivity contribution in [1.29, 1.82) is 0 Å². The van der Waals surface area contributed by atoms with E-state index in [1.807, 2.05) is 45.0 Å². The molecule has 0 bridgehead atoms. The fourth-order valence-electron chi connectivity index (χ4n) is 3.87. The molecule has 3 aromatic carbocycles. The highest BCUT2D eigenvalue weighted by atomic mass is 35.5. The van der Waals surface area contributed by atoms with Gasteiger partial charge in [0.1, 0.15) is 12.6 Å². The Morgan fingerprint density at radius 2 is 1.55 bits per heavy atom. The first kappa shape index (κ1) is 29.5. The summed E-state index contributed by atoms with van der Waals surface area (Å²) in [5.74, 6) is -0.921. The Morgan fingerprint density at radius 3 is 2.18 bits per heavy atom. The van der Waals surface area contributed by atoms with Crippen molar-refractivity contribution < 1.29 is 18.0 Å². The molecule has 0 saturated carbocycles. The fourth-order valence-corrected chi connectivity index (χ4v) is 5.75. The monoisotopic (exact) mass is 575 g/mol. The Balaban J connectivity index is 2.08. The molecule has 2 amide bonds. The molecule has 0 aliphatic rings. The van der Waals surface area contributed by atoms with Crippen LogP contribution >= 0.6 is 23.2 Å². The number of benzene rings is 3. The molecule has 0 aliphatic heterocycles. The zero-order valence-corrected chi connectivity index (χ0v) is 24.0. The van der Waals surface area contributed by atoms with E-state index < -0.39 is 28.5 Å². The van der Waals surface area contributed by atoms with E-state index in [2.05, 4.69) is 5.32 Å². The summed E-state index contributed by atoms with van der Waals surface area (Å²) >= 11 is 12.6. The quantitative estimate of drug-likeness (QED) is 0.348. The van der Waals surface area contributed by atoms with E-state index in [9.17, 15) is 18.0 Å². The van der Waals surface area contributed by atoms with Crippen LogP contribution in [0, 0.1) is 6.92 Å². The number of amides is 2. The standard InChI is InChI=1S/C28H31Cl2N3O4S/c1-19(2)31-28(35)21(4)32(17-22-11-9-8-10-20(22)3)27(34)18-33(26-16-23(29)14-15-25(26)30)38(36,37)24-12-6-5-7-13-24/h5-16,19,21H,17-18H2,1-4H3,(H,31,35)/t21-/m1/s1. The van der Waals surface area contributed by atoms with E-state index in [1.165, 1.54) is 35.2 Å². The predicted octanol–water partition coefficient (Wildman–Crippen LogP) is 5.44. The van der Waals surface area contributed by atoms with E-state index in [4.69, 9.17) is 23.2 Å². The minimum Gasteiger partial charge on any atom is -0.352 e. The average Bonchev–Trinajstić information content (AvgIpc) is 2.88. The molecule has 1 atom stereocenters.